The van der Waals surface area contributed by atoms with Crippen LogP contribution in [0.2, 0.25) is 0 Å². The van der Waals surface area contributed by atoms with Gasteiger partial charge < -0.3 is 5.32 Å². The van der Waals surface area contributed by atoms with E-state index in [2.05, 4.69) is 5.32 Å². The molecule has 1 rings (SSSR count). The molecule has 0 radical (unpaired) electrons. The first kappa shape index (κ1) is 12.0. The zero-order chi connectivity index (χ0) is 11.6. The lowest BCUT2D eigenvalue weighted by atomic mass is 9.84. The molecule has 15 heavy (non-hydrogen) atoms. The Morgan fingerprint density at radius 3 is 2.33 bits per heavy atom. The maximum Gasteiger partial charge on any atom is 0.159 e. The van der Waals surface area contributed by atoms with E-state index in [0.29, 0.717) is 10.6 Å². The Morgan fingerprint density at radius 1 is 1.27 bits per heavy atom. The van der Waals surface area contributed by atoms with Crippen molar-refractivity contribution in [2.45, 2.75) is 19.3 Å². The van der Waals surface area contributed by atoms with E-state index >= 15 is 0 Å². The number of rotatable bonds is 2. The Labute approximate surface area is 93.5 Å². The average Bonchev–Trinajstić information content (AvgIpc) is 2.20. The van der Waals surface area contributed by atoms with Crippen LogP contribution in [0.5, 0.6) is 0 Å². The van der Waals surface area contributed by atoms with Crippen molar-refractivity contribution in [1.29, 1.82) is 0 Å². The van der Waals surface area contributed by atoms with Crippen LogP contribution in [0.15, 0.2) is 18.2 Å². The fraction of sp³-hybridized carbons (Fsp3) is 0.364. The summed E-state index contributed by atoms with van der Waals surface area (Å²) in [5, 5.41) is 2.85. The molecule has 0 unspecified atom stereocenters. The first-order valence-corrected chi connectivity index (χ1v) is 4.98. The van der Waals surface area contributed by atoms with E-state index in [4.69, 9.17) is 12.2 Å². The first-order chi connectivity index (χ1) is 6.89. The number of benzene rings is 1. The second-order valence-corrected chi connectivity index (χ2v) is 4.24. The highest BCUT2D eigenvalue weighted by Gasteiger charge is 2.26. The Morgan fingerprint density at radius 2 is 1.87 bits per heavy atom. The maximum atomic E-state index is 13.0. The van der Waals surface area contributed by atoms with Crippen LogP contribution in [0, 0.1) is 11.6 Å². The third-order valence-electron chi connectivity index (χ3n) is 2.44. The van der Waals surface area contributed by atoms with Crippen molar-refractivity contribution in [2.24, 2.45) is 0 Å². The zero-order valence-electron chi connectivity index (χ0n) is 8.90. The molecule has 0 bridgehead atoms. The topological polar surface area (TPSA) is 12.0 Å². The van der Waals surface area contributed by atoms with Crippen LogP contribution in [0.1, 0.15) is 19.4 Å². The van der Waals surface area contributed by atoms with Crippen LogP contribution < -0.4 is 5.32 Å². The standard InChI is InChI=1S/C11H13F2NS/c1-11(2,10(15)14-3)7-4-5-8(12)9(13)6-7/h4-6H,1-3H3,(H,14,15). The molecule has 0 aromatic heterocycles. The van der Waals surface area contributed by atoms with Gasteiger partial charge in [-0.25, -0.2) is 8.78 Å². The van der Waals surface area contributed by atoms with Crippen LogP contribution in [0.3, 0.4) is 0 Å². The minimum atomic E-state index is -0.848. The van der Waals surface area contributed by atoms with E-state index in [9.17, 15) is 8.78 Å². The molecule has 0 atom stereocenters. The molecule has 0 aliphatic heterocycles. The molecule has 0 aliphatic carbocycles. The molecule has 82 valence electrons. The predicted molar refractivity (Wildman–Crippen MR) is 61.0 cm³/mol. The summed E-state index contributed by atoms with van der Waals surface area (Å²) in [4.78, 5) is 0.591. The van der Waals surface area contributed by atoms with Crippen molar-refractivity contribution in [3.8, 4) is 0 Å². The third-order valence-corrected chi connectivity index (χ3v) is 3.15. The van der Waals surface area contributed by atoms with Gasteiger partial charge in [0.1, 0.15) is 0 Å². The van der Waals surface area contributed by atoms with Gasteiger partial charge in [-0.3, -0.25) is 0 Å². The zero-order valence-corrected chi connectivity index (χ0v) is 9.71. The second-order valence-electron chi connectivity index (χ2n) is 3.83. The molecular formula is C11H13F2NS. The summed E-state index contributed by atoms with van der Waals surface area (Å²) in [6, 6.07) is 3.84. The predicted octanol–water partition coefficient (Wildman–Crippen LogP) is 2.79. The largest absolute Gasteiger partial charge is 0.382 e. The van der Waals surface area contributed by atoms with Gasteiger partial charge >= 0.3 is 0 Å². The highest BCUT2D eigenvalue weighted by Crippen LogP contribution is 2.25. The highest BCUT2D eigenvalue weighted by molar-refractivity contribution is 7.80. The van der Waals surface area contributed by atoms with Crippen molar-refractivity contribution in [3.05, 3.63) is 35.4 Å². The van der Waals surface area contributed by atoms with Gasteiger partial charge in [0.15, 0.2) is 11.6 Å². The van der Waals surface area contributed by atoms with E-state index in [-0.39, 0.29) is 0 Å². The van der Waals surface area contributed by atoms with E-state index in [1.165, 1.54) is 6.07 Å². The fourth-order valence-electron chi connectivity index (χ4n) is 1.33. The molecule has 0 spiro atoms. The van der Waals surface area contributed by atoms with Gasteiger partial charge in [-0.05, 0) is 31.5 Å². The number of hydrogen-bond donors (Lipinski definition) is 1. The van der Waals surface area contributed by atoms with E-state index in [1.54, 1.807) is 13.1 Å². The molecule has 4 heteroatoms. The summed E-state index contributed by atoms with van der Waals surface area (Å²) >= 11 is 5.12. The maximum absolute atomic E-state index is 13.0. The molecule has 1 N–H and O–H groups in total. The monoisotopic (exact) mass is 229 g/mol. The molecule has 0 saturated carbocycles. The van der Waals surface area contributed by atoms with Crippen molar-refractivity contribution in [3.63, 3.8) is 0 Å². The van der Waals surface area contributed by atoms with Gasteiger partial charge in [-0.2, -0.15) is 0 Å². The molecule has 1 aromatic carbocycles. The van der Waals surface area contributed by atoms with Gasteiger partial charge in [0.2, 0.25) is 0 Å². The minimum absolute atomic E-state index is 0.501. The summed E-state index contributed by atoms with van der Waals surface area (Å²) in [6.07, 6.45) is 0. The van der Waals surface area contributed by atoms with Crippen LogP contribution in [0.4, 0.5) is 8.78 Å². The Bertz CT molecular complexity index is 388. The van der Waals surface area contributed by atoms with Crippen molar-refractivity contribution < 1.29 is 8.78 Å². The molecule has 0 amide bonds. The van der Waals surface area contributed by atoms with Crippen LogP contribution >= 0.6 is 12.2 Å². The lowest BCUT2D eigenvalue weighted by Crippen LogP contribution is -2.36. The van der Waals surface area contributed by atoms with Gasteiger partial charge in [-0.15, -0.1) is 0 Å². The number of nitrogens with one attached hydrogen (secondary N) is 1. The van der Waals surface area contributed by atoms with Gasteiger partial charge in [0, 0.05) is 12.5 Å². The summed E-state index contributed by atoms with van der Waals surface area (Å²) in [5.41, 5.74) is 0.152. The van der Waals surface area contributed by atoms with E-state index in [1.807, 2.05) is 13.8 Å². The first-order valence-electron chi connectivity index (χ1n) is 4.57. The lowest BCUT2D eigenvalue weighted by molar-refractivity contribution is 0.504. The highest BCUT2D eigenvalue weighted by atomic mass is 32.1. The van der Waals surface area contributed by atoms with Crippen molar-refractivity contribution in [1.82, 2.24) is 5.32 Å². The lowest BCUT2D eigenvalue weighted by Gasteiger charge is -2.26. The number of thiocarbonyl (C=S) groups is 1. The van der Waals surface area contributed by atoms with Crippen LogP contribution in [0.25, 0.3) is 0 Å². The molecule has 0 saturated heterocycles. The summed E-state index contributed by atoms with van der Waals surface area (Å²) in [7, 11) is 1.71. The molecule has 0 fully saturated rings. The van der Waals surface area contributed by atoms with Crippen LogP contribution in [-0.4, -0.2) is 12.0 Å². The molecule has 0 aliphatic rings. The van der Waals surface area contributed by atoms with Crippen molar-refractivity contribution in [2.75, 3.05) is 7.05 Å². The van der Waals surface area contributed by atoms with Gasteiger partial charge in [0.25, 0.3) is 0 Å². The SMILES string of the molecule is CNC(=S)C(C)(C)c1ccc(F)c(F)c1. The van der Waals surface area contributed by atoms with Gasteiger partial charge in [-0.1, -0.05) is 18.3 Å². The third kappa shape index (κ3) is 2.31. The number of halogens is 2. The second kappa shape index (κ2) is 4.23. The quantitative estimate of drug-likeness (QED) is 0.783. The van der Waals surface area contributed by atoms with Gasteiger partial charge in [0.05, 0.1) is 4.99 Å². The summed E-state index contributed by atoms with van der Waals surface area (Å²) < 4.78 is 25.8. The normalized spacial score (nSPS) is 11.3. The molecule has 1 aromatic rings. The number of hydrogen-bond acceptors (Lipinski definition) is 1. The molecule has 0 heterocycles. The Hall–Kier alpha value is -1.03. The molecular weight excluding hydrogens is 216 g/mol. The smallest absolute Gasteiger partial charge is 0.159 e. The Kier molecular flexibility index (Phi) is 3.39. The van der Waals surface area contributed by atoms with Crippen LogP contribution in [-0.2, 0) is 5.41 Å². The number of likely N-dealkylation sites (N-methyl/N-ethyl adjacent to an activating group) is 1. The summed E-state index contributed by atoms with van der Waals surface area (Å²) in [5.74, 6) is -1.69. The van der Waals surface area contributed by atoms with E-state index < -0.39 is 17.0 Å². The summed E-state index contributed by atoms with van der Waals surface area (Å²) in [6.45, 7) is 3.72. The molecule has 1 nitrogen and oxygen atoms in total. The fourth-order valence-corrected chi connectivity index (χ4v) is 1.45. The van der Waals surface area contributed by atoms with E-state index in [0.717, 1.165) is 6.07 Å². The Balaban J connectivity index is 3.16. The minimum Gasteiger partial charge on any atom is -0.382 e. The average molecular weight is 229 g/mol. The van der Waals surface area contributed by atoms with Crippen molar-refractivity contribution >= 4 is 17.2 Å².